The number of pyridine rings is 1. The molecule has 1 aromatic rings. The van der Waals surface area contributed by atoms with Gasteiger partial charge >= 0.3 is 6.18 Å². The summed E-state index contributed by atoms with van der Waals surface area (Å²) in [5.41, 5.74) is 4.31. The summed E-state index contributed by atoms with van der Waals surface area (Å²) in [6, 6.07) is 1.83. The van der Waals surface area contributed by atoms with Crippen molar-refractivity contribution in [3.05, 3.63) is 23.4 Å². The van der Waals surface area contributed by atoms with E-state index in [9.17, 15) is 21.6 Å². The maximum absolute atomic E-state index is 12.7. The van der Waals surface area contributed by atoms with Crippen LogP contribution in [0.25, 0.3) is 0 Å². The minimum Gasteiger partial charge on any atom is -0.384 e. The normalized spacial score (nSPS) is 18.5. The second kappa shape index (κ2) is 5.17. The number of halogens is 3. The van der Waals surface area contributed by atoms with Gasteiger partial charge in [-0.05, 0) is 12.1 Å². The molecule has 6 nitrogen and oxygen atoms in total. The summed E-state index contributed by atoms with van der Waals surface area (Å²) in [4.78, 5) is 4.93. The van der Waals surface area contributed by atoms with Gasteiger partial charge in [-0.3, -0.25) is 5.41 Å². The molecule has 0 amide bonds. The summed E-state index contributed by atoms with van der Waals surface area (Å²) < 4.78 is 60.9. The van der Waals surface area contributed by atoms with Crippen LogP contribution in [0.2, 0.25) is 0 Å². The van der Waals surface area contributed by atoms with E-state index in [4.69, 9.17) is 11.1 Å². The average Bonchev–Trinajstić information content (AvgIpc) is 2.37. The molecule has 21 heavy (non-hydrogen) atoms. The summed E-state index contributed by atoms with van der Waals surface area (Å²) in [5.74, 6) is -0.850. The number of aromatic nitrogens is 1. The van der Waals surface area contributed by atoms with Crippen LogP contribution in [0.3, 0.4) is 0 Å². The van der Waals surface area contributed by atoms with Gasteiger partial charge in [-0.25, -0.2) is 13.4 Å². The van der Waals surface area contributed by atoms with Crippen LogP contribution in [-0.2, 0) is 16.0 Å². The van der Waals surface area contributed by atoms with Crippen LogP contribution in [-0.4, -0.2) is 43.8 Å². The number of nitrogens with two attached hydrogens (primary N) is 1. The van der Waals surface area contributed by atoms with Crippen LogP contribution < -0.4 is 10.6 Å². The van der Waals surface area contributed by atoms with Gasteiger partial charge in [0.15, 0.2) is 9.84 Å². The Morgan fingerprint density at radius 3 is 2.33 bits per heavy atom. The smallest absolute Gasteiger partial charge is 0.384 e. The Hall–Kier alpha value is -1.84. The van der Waals surface area contributed by atoms with Crippen molar-refractivity contribution in [1.82, 2.24) is 4.98 Å². The molecule has 2 heterocycles. The molecule has 1 fully saturated rings. The highest BCUT2D eigenvalue weighted by atomic mass is 32.2. The third kappa shape index (κ3) is 3.43. The van der Waals surface area contributed by atoms with Crippen molar-refractivity contribution in [2.45, 2.75) is 6.18 Å². The summed E-state index contributed by atoms with van der Waals surface area (Å²) in [7, 11) is -3.17. The fourth-order valence-electron chi connectivity index (χ4n) is 1.98. The molecule has 0 bridgehead atoms. The van der Waals surface area contributed by atoms with E-state index in [-0.39, 0.29) is 36.0 Å². The van der Waals surface area contributed by atoms with Crippen LogP contribution >= 0.6 is 0 Å². The molecule has 0 aliphatic carbocycles. The van der Waals surface area contributed by atoms with Crippen LogP contribution in [0, 0.1) is 5.41 Å². The molecule has 116 valence electrons. The molecule has 10 heteroatoms. The molecule has 2 rings (SSSR count). The highest BCUT2D eigenvalue weighted by Gasteiger charge is 2.34. The Labute approximate surface area is 119 Å². The Kier molecular flexibility index (Phi) is 3.83. The summed E-state index contributed by atoms with van der Waals surface area (Å²) >= 11 is 0. The number of nitrogen functional groups attached to an aromatic ring is 1. The Bertz CT molecular complexity index is 659. The molecule has 1 aromatic heterocycles. The molecule has 0 aromatic carbocycles. The minimum absolute atomic E-state index is 0.0247. The Morgan fingerprint density at radius 1 is 1.29 bits per heavy atom. The van der Waals surface area contributed by atoms with Crippen molar-refractivity contribution < 1.29 is 21.6 Å². The van der Waals surface area contributed by atoms with Gasteiger partial charge in [0, 0.05) is 13.1 Å². The number of rotatable bonds is 2. The van der Waals surface area contributed by atoms with Crippen LogP contribution in [0.15, 0.2) is 12.1 Å². The van der Waals surface area contributed by atoms with E-state index in [0.717, 1.165) is 12.1 Å². The number of hydrogen-bond donors (Lipinski definition) is 2. The zero-order valence-electron chi connectivity index (χ0n) is 10.8. The lowest BCUT2D eigenvalue weighted by Crippen LogP contribution is -2.42. The molecule has 1 aliphatic heterocycles. The van der Waals surface area contributed by atoms with Gasteiger partial charge in [0.2, 0.25) is 0 Å². The van der Waals surface area contributed by atoms with Gasteiger partial charge in [-0.2, -0.15) is 13.2 Å². The zero-order chi connectivity index (χ0) is 15.8. The summed E-state index contributed by atoms with van der Waals surface area (Å²) in [5, 5.41) is 7.41. The maximum Gasteiger partial charge on any atom is 0.433 e. The minimum atomic E-state index is -4.62. The van der Waals surface area contributed by atoms with Gasteiger partial charge in [0.25, 0.3) is 0 Å². The zero-order valence-corrected chi connectivity index (χ0v) is 11.6. The fourth-order valence-corrected chi connectivity index (χ4v) is 3.18. The quantitative estimate of drug-likeness (QED) is 0.614. The lowest BCUT2D eigenvalue weighted by atomic mass is 10.2. The number of anilines is 1. The van der Waals surface area contributed by atoms with E-state index < -0.39 is 27.5 Å². The Morgan fingerprint density at radius 2 is 1.86 bits per heavy atom. The standard InChI is InChI=1S/C11H13F3N4O2S/c12-11(13,14)8-2-1-7(9(15)16)10(17-8)18-3-5-21(19,20)6-4-18/h1-2H,3-6H2,(H3,15,16). The van der Waals surface area contributed by atoms with Crippen LogP contribution in [0.5, 0.6) is 0 Å². The predicted molar refractivity (Wildman–Crippen MR) is 71.1 cm³/mol. The number of amidine groups is 1. The number of hydrogen-bond acceptors (Lipinski definition) is 5. The van der Waals surface area contributed by atoms with Crippen molar-refractivity contribution in [3.8, 4) is 0 Å². The third-order valence-corrected chi connectivity index (χ3v) is 4.71. The first-order chi connectivity index (χ1) is 9.60. The molecule has 0 radical (unpaired) electrons. The van der Waals surface area contributed by atoms with E-state index in [1.807, 2.05) is 0 Å². The van der Waals surface area contributed by atoms with E-state index in [1.54, 1.807) is 0 Å². The topological polar surface area (TPSA) is 100 Å². The van der Waals surface area contributed by atoms with Crippen molar-refractivity contribution in [2.75, 3.05) is 29.5 Å². The van der Waals surface area contributed by atoms with Crippen molar-refractivity contribution in [2.24, 2.45) is 5.73 Å². The van der Waals surface area contributed by atoms with Gasteiger partial charge in [-0.1, -0.05) is 0 Å². The first kappa shape index (κ1) is 15.5. The Balaban J connectivity index is 2.42. The summed E-state index contributed by atoms with van der Waals surface area (Å²) in [6.07, 6.45) is -4.62. The molecular weight excluding hydrogens is 309 g/mol. The predicted octanol–water partition coefficient (Wildman–Crippen LogP) is 0.619. The molecule has 0 unspecified atom stereocenters. The lowest BCUT2D eigenvalue weighted by Gasteiger charge is -2.29. The van der Waals surface area contributed by atoms with Crippen molar-refractivity contribution in [3.63, 3.8) is 0 Å². The van der Waals surface area contributed by atoms with Crippen molar-refractivity contribution >= 4 is 21.5 Å². The molecule has 3 N–H and O–H groups in total. The molecule has 0 saturated carbocycles. The SMILES string of the molecule is N=C(N)c1ccc(C(F)(F)F)nc1N1CCS(=O)(=O)CC1. The highest BCUT2D eigenvalue weighted by molar-refractivity contribution is 7.91. The van der Waals surface area contributed by atoms with E-state index in [2.05, 4.69) is 4.98 Å². The third-order valence-electron chi connectivity index (χ3n) is 3.10. The van der Waals surface area contributed by atoms with Gasteiger partial charge in [-0.15, -0.1) is 0 Å². The first-order valence-corrected chi connectivity index (χ1v) is 7.80. The van der Waals surface area contributed by atoms with Crippen molar-refractivity contribution in [1.29, 1.82) is 5.41 Å². The lowest BCUT2D eigenvalue weighted by molar-refractivity contribution is -0.141. The molecule has 0 spiro atoms. The number of alkyl halides is 3. The van der Waals surface area contributed by atoms with Gasteiger partial charge in [0.1, 0.15) is 17.3 Å². The molecule has 1 aliphatic rings. The van der Waals surface area contributed by atoms with E-state index >= 15 is 0 Å². The largest absolute Gasteiger partial charge is 0.433 e. The monoisotopic (exact) mass is 322 g/mol. The average molecular weight is 322 g/mol. The number of nitrogens with zero attached hydrogens (tertiary/aromatic N) is 2. The fraction of sp³-hybridized carbons (Fsp3) is 0.455. The molecule has 0 atom stereocenters. The summed E-state index contributed by atoms with van der Waals surface area (Å²) in [6.45, 7) is 0.0495. The van der Waals surface area contributed by atoms with Gasteiger partial charge in [0.05, 0.1) is 17.1 Å². The highest BCUT2D eigenvalue weighted by Crippen LogP contribution is 2.30. The van der Waals surface area contributed by atoms with Gasteiger partial charge < -0.3 is 10.6 Å². The number of nitrogens with one attached hydrogen (secondary N) is 1. The van der Waals surface area contributed by atoms with Crippen LogP contribution in [0.1, 0.15) is 11.3 Å². The molecular formula is C11H13F3N4O2S. The van der Waals surface area contributed by atoms with E-state index in [1.165, 1.54) is 4.90 Å². The maximum atomic E-state index is 12.7. The second-order valence-electron chi connectivity index (χ2n) is 4.62. The van der Waals surface area contributed by atoms with Crippen LogP contribution in [0.4, 0.5) is 19.0 Å². The second-order valence-corrected chi connectivity index (χ2v) is 6.92. The number of sulfone groups is 1. The molecule has 1 saturated heterocycles. The first-order valence-electron chi connectivity index (χ1n) is 5.98. The van der Waals surface area contributed by atoms with E-state index in [0.29, 0.717) is 0 Å².